The third-order valence-electron chi connectivity index (χ3n) is 5.79. The van der Waals surface area contributed by atoms with Gasteiger partial charge in [-0.2, -0.15) is 0 Å². The summed E-state index contributed by atoms with van der Waals surface area (Å²) in [5.41, 5.74) is 4.11. The molecule has 0 bridgehead atoms. The van der Waals surface area contributed by atoms with Crippen LogP contribution in [-0.4, -0.2) is 44.2 Å². The number of hydrogen-bond donors (Lipinski definition) is 0. The second-order valence-corrected chi connectivity index (χ2v) is 8.67. The summed E-state index contributed by atoms with van der Waals surface area (Å²) in [6.45, 7) is 6.13. The molecule has 1 aliphatic carbocycles. The molecule has 1 saturated heterocycles. The van der Waals surface area contributed by atoms with E-state index in [9.17, 15) is 0 Å². The van der Waals surface area contributed by atoms with Crippen LogP contribution in [0, 0.1) is 0 Å². The number of halogens is 6. The van der Waals surface area contributed by atoms with Crippen LogP contribution in [0.1, 0.15) is 30.4 Å². The number of aryl methyl sites for hydroxylation is 2. The highest BCUT2D eigenvalue weighted by Gasteiger charge is 2.17. The average molecular weight is 565 g/mol. The van der Waals surface area contributed by atoms with Crippen molar-refractivity contribution in [2.75, 3.05) is 44.2 Å². The molecule has 0 radical (unpaired) electrons. The quantitative estimate of drug-likeness (QED) is 0.332. The van der Waals surface area contributed by atoms with Gasteiger partial charge in [-0.1, -0.05) is 29.3 Å². The van der Waals surface area contributed by atoms with E-state index in [0.29, 0.717) is 10.0 Å². The van der Waals surface area contributed by atoms with Gasteiger partial charge in [0.05, 0.1) is 6.61 Å². The predicted octanol–water partition coefficient (Wildman–Crippen LogP) is 7.15. The summed E-state index contributed by atoms with van der Waals surface area (Å²) in [7, 11) is 0. The van der Waals surface area contributed by atoms with Gasteiger partial charge in [0.15, 0.2) is 0 Å². The lowest BCUT2D eigenvalue weighted by Gasteiger charge is -2.36. The molecule has 32 heavy (non-hydrogen) atoms. The lowest BCUT2D eigenvalue weighted by Crippen LogP contribution is -2.46. The molecule has 2 aromatic carbocycles. The van der Waals surface area contributed by atoms with E-state index in [-0.39, 0.29) is 49.6 Å². The van der Waals surface area contributed by atoms with Crippen LogP contribution in [0.25, 0.3) is 0 Å². The van der Waals surface area contributed by atoms with Gasteiger partial charge in [0.25, 0.3) is 0 Å². The van der Waals surface area contributed by atoms with Crippen LogP contribution in [0.2, 0.25) is 10.0 Å². The van der Waals surface area contributed by atoms with Crippen LogP contribution < -0.4 is 9.64 Å². The van der Waals surface area contributed by atoms with Gasteiger partial charge in [-0.25, -0.2) is 0 Å². The van der Waals surface area contributed by atoms with Crippen LogP contribution in [-0.2, 0) is 12.8 Å². The van der Waals surface area contributed by atoms with Crippen LogP contribution in [0.5, 0.6) is 5.75 Å². The van der Waals surface area contributed by atoms with Gasteiger partial charge in [-0.15, -0.1) is 49.6 Å². The normalized spacial score (nSPS) is 14.9. The summed E-state index contributed by atoms with van der Waals surface area (Å²) in [5.74, 6) is 1.04. The Bertz CT molecular complexity index is 795. The Hall–Kier alpha value is -0.260. The molecule has 2 aromatic rings. The summed E-state index contributed by atoms with van der Waals surface area (Å²) in [4.78, 5) is 4.91. The van der Waals surface area contributed by atoms with Crippen molar-refractivity contribution in [3.05, 3.63) is 57.6 Å². The Labute approximate surface area is 226 Å². The highest BCUT2D eigenvalue weighted by Crippen LogP contribution is 2.27. The number of hydrogen-bond acceptors (Lipinski definition) is 3. The summed E-state index contributed by atoms with van der Waals surface area (Å²) in [5, 5.41) is 1.40. The van der Waals surface area contributed by atoms with E-state index >= 15 is 0 Å². The smallest absolute Gasteiger partial charge is 0.119 e. The highest BCUT2D eigenvalue weighted by molar-refractivity contribution is 6.35. The number of benzene rings is 2. The molecule has 1 fully saturated rings. The third-order valence-corrected chi connectivity index (χ3v) is 6.23. The summed E-state index contributed by atoms with van der Waals surface area (Å²) in [6, 6.07) is 12.4. The number of unbranched alkanes of at least 4 members (excludes halogenated alkanes) is 1. The molecule has 3 nitrogen and oxygen atoms in total. The van der Waals surface area contributed by atoms with E-state index in [1.807, 2.05) is 12.1 Å². The van der Waals surface area contributed by atoms with E-state index < -0.39 is 0 Å². The number of rotatable bonds is 7. The number of fused-ring (bicyclic) bond motifs is 1. The van der Waals surface area contributed by atoms with Gasteiger partial charge in [0.2, 0.25) is 0 Å². The third kappa shape index (κ3) is 8.83. The van der Waals surface area contributed by atoms with Crippen molar-refractivity contribution in [1.29, 1.82) is 0 Å². The molecule has 0 unspecified atom stereocenters. The number of piperazine rings is 1. The second kappa shape index (κ2) is 15.6. The van der Waals surface area contributed by atoms with Crippen molar-refractivity contribution in [3.63, 3.8) is 0 Å². The first-order valence-electron chi connectivity index (χ1n) is 10.4. The van der Waals surface area contributed by atoms with E-state index in [1.54, 1.807) is 6.07 Å². The molecule has 4 rings (SSSR count). The fraction of sp³-hybridized carbons (Fsp3) is 0.478. The van der Waals surface area contributed by atoms with Crippen LogP contribution in [0.15, 0.2) is 36.4 Å². The monoisotopic (exact) mass is 562 g/mol. The maximum Gasteiger partial charge on any atom is 0.119 e. The molecule has 2 aliphatic rings. The van der Waals surface area contributed by atoms with Crippen LogP contribution in [0.3, 0.4) is 0 Å². The molecular formula is C23H32Cl6N2O. The standard InChI is InChI=1S/C23H28Cl2N2O.4ClH/c24-20-15-21(25)17-22(16-20)27-11-9-26(10-12-27)8-1-2-13-28-23-7-6-18-4-3-5-19(18)14-23;;;;/h6-7,14-17H,1-5,8-13H2;4*1H. The van der Waals surface area contributed by atoms with Gasteiger partial charge in [0, 0.05) is 41.9 Å². The Kier molecular flexibility index (Phi) is 15.5. The van der Waals surface area contributed by atoms with Crippen LogP contribution in [0.4, 0.5) is 5.69 Å². The first-order valence-corrected chi connectivity index (χ1v) is 11.1. The number of ether oxygens (including phenoxy) is 1. The number of nitrogens with zero attached hydrogens (tertiary/aromatic N) is 2. The minimum Gasteiger partial charge on any atom is -0.494 e. The Morgan fingerprint density at radius 3 is 2.09 bits per heavy atom. The predicted molar refractivity (Wildman–Crippen MR) is 147 cm³/mol. The lowest BCUT2D eigenvalue weighted by molar-refractivity contribution is 0.238. The van der Waals surface area contributed by atoms with Crippen molar-refractivity contribution in [1.82, 2.24) is 4.90 Å². The Balaban J connectivity index is 0.00000240. The molecule has 0 saturated carbocycles. The SMILES string of the molecule is Cl.Cl.Cl.Cl.Clc1cc(Cl)cc(N2CCN(CCCCOc3ccc4c(c3)CCC4)CC2)c1. The van der Waals surface area contributed by atoms with Crippen molar-refractivity contribution in [3.8, 4) is 5.75 Å². The lowest BCUT2D eigenvalue weighted by atomic mass is 10.1. The maximum absolute atomic E-state index is 6.13. The van der Waals surface area contributed by atoms with Crippen molar-refractivity contribution >= 4 is 78.5 Å². The molecule has 1 heterocycles. The maximum atomic E-state index is 6.13. The Morgan fingerprint density at radius 2 is 1.41 bits per heavy atom. The molecule has 9 heteroatoms. The average Bonchev–Trinajstić information content (AvgIpc) is 3.15. The molecule has 0 spiro atoms. The Morgan fingerprint density at radius 1 is 0.750 bits per heavy atom. The van der Waals surface area contributed by atoms with Crippen molar-refractivity contribution in [2.24, 2.45) is 0 Å². The van der Waals surface area contributed by atoms with Crippen molar-refractivity contribution in [2.45, 2.75) is 32.1 Å². The molecule has 182 valence electrons. The second-order valence-electron chi connectivity index (χ2n) is 7.80. The molecule has 0 atom stereocenters. The van der Waals surface area contributed by atoms with E-state index in [2.05, 4.69) is 28.0 Å². The van der Waals surface area contributed by atoms with Gasteiger partial charge in [0.1, 0.15) is 5.75 Å². The fourth-order valence-corrected chi connectivity index (χ4v) is 4.73. The van der Waals surface area contributed by atoms with Crippen LogP contribution >= 0.6 is 72.8 Å². The largest absolute Gasteiger partial charge is 0.494 e. The minimum absolute atomic E-state index is 0. The summed E-state index contributed by atoms with van der Waals surface area (Å²) >= 11 is 12.3. The van der Waals surface area contributed by atoms with Gasteiger partial charge in [-0.3, -0.25) is 4.90 Å². The number of anilines is 1. The van der Waals surface area contributed by atoms with Gasteiger partial charge in [-0.05, 0) is 80.1 Å². The first-order chi connectivity index (χ1) is 13.7. The van der Waals surface area contributed by atoms with E-state index in [0.717, 1.165) is 57.2 Å². The zero-order chi connectivity index (χ0) is 19.3. The molecule has 0 N–H and O–H groups in total. The van der Waals surface area contributed by atoms with E-state index in [4.69, 9.17) is 27.9 Å². The topological polar surface area (TPSA) is 15.7 Å². The zero-order valence-electron chi connectivity index (χ0n) is 17.9. The van der Waals surface area contributed by atoms with E-state index in [1.165, 1.54) is 36.8 Å². The molecule has 0 amide bonds. The summed E-state index contributed by atoms with van der Waals surface area (Å²) < 4.78 is 5.97. The summed E-state index contributed by atoms with van der Waals surface area (Å²) in [6.07, 6.45) is 6.00. The molecule has 1 aliphatic heterocycles. The highest BCUT2D eigenvalue weighted by atomic mass is 35.5. The van der Waals surface area contributed by atoms with Gasteiger partial charge < -0.3 is 9.64 Å². The first kappa shape index (κ1) is 31.7. The zero-order valence-corrected chi connectivity index (χ0v) is 22.7. The van der Waals surface area contributed by atoms with Crippen molar-refractivity contribution < 1.29 is 4.74 Å². The minimum atomic E-state index is 0. The van der Waals surface area contributed by atoms with Gasteiger partial charge >= 0.3 is 0 Å². The molecule has 0 aromatic heterocycles. The fourth-order valence-electron chi connectivity index (χ4n) is 4.22. The molecular weight excluding hydrogens is 533 g/mol.